The number of benzene rings is 2. The average Bonchev–Trinajstić information content (AvgIpc) is 2.81. The number of nitrogens with zero attached hydrogens (tertiary/aromatic N) is 3. The molecule has 0 radical (unpaired) electrons. The second kappa shape index (κ2) is 8.68. The number of aromatic hydroxyl groups is 1. The first-order valence-corrected chi connectivity index (χ1v) is 11.8. The lowest BCUT2D eigenvalue weighted by Crippen LogP contribution is -2.60. The predicted molar refractivity (Wildman–Crippen MR) is 130 cm³/mol. The van der Waals surface area contributed by atoms with E-state index in [1.807, 2.05) is 30.6 Å². The molecule has 1 N–H and O–H groups in total. The van der Waals surface area contributed by atoms with Gasteiger partial charge in [0.05, 0.1) is 0 Å². The molecule has 2 aromatic carbocycles. The standard InChI is InChI=1S/C28H33N3O/c1-21-18-31-14-13-30(19-22-8-10-23(11-9-22)24-5-4-12-29-17-24)20-26(31)16-28(21,2)25-6-3-7-27(32)15-25/h3-12,15,17,21,26,32H,13-14,16,18-20H2,1-2H3/t21-,26+,28?/m0/s1. The maximum Gasteiger partial charge on any atom is 0.115 e. The third-order valence-electron chi connectivity index (χ3n) is 7.81. The quantitative estimate of drug-likeness (QED) is 0.640. The van der Waals surface area contributed by atoms with Crippen LogP contribution in [-0.4, -0.2) is 52.1 Å². The summed E-state index contributed by atoms with van der Waals surface area (Å²) in [6.45, 7) is 10.2. The summed E-state index contributed by atoms with van der Waals surface area (Å²) in [5.41, 5.74) is 5.11. The van der Waals surface area contributed by atoms with Gasteiger partial charge < -0.3 is 5.11 Å². The molecule has 166 valence electrons. The fourth-order valence-electron chi connectivity index (χ4n) is 5.64. The first kappa shape index (κ1) is 21.2. The Labute approximate surface area is 191 Å². The van der Waals surface area contributed by atoms with Crippen LogP contribution in [0.1, 0.15) is 31.4 Å². The van der Waals surface area contributed by atoms with Gasteiger partial charge in [-0.1, -0.05) is 56.3 Å². The number of aromatic nitrogens is 1. The van der Waals surface area contributed by atoms with Crippen molar-refractivity contribution in [3.8, 4) is 16.9 Å². The number of piperazine rings is 1. The second-order valence-electron chi connectivity index (χ2n) is 9.90. The second-order valence-corrected chi connectivity index (χ2v) is 9.90. The van der Waals surface area contributed by atoms with Crippen molar-refractivity contribution in [1.29, 1.82) is 0 Å². The van der Waals surface area contributed by atoms with E-state index in [1.54, 1.807) is 6.07 Å². The molecule has 0 saturated carbocycles. The van der Waals surface area contributed by atoms with Crippen LogP contribution in [0.15, 0.2) is 73.1 Å². The summed E-state index contributed by atoms with van der Waals surface area (Å²) in [6, 6.07) is 21.5. The van der Waals surface area contributed by atoms with Gasteiger partial charge in [0.1, 0.15) is 5.75 Å². The van der Waals surface area contributed by atoms with Gasteiger partial charge in [-0.2, -0.15) is 0 Å². The molecule has 0 bridgehead atoms. The highest BCUT2D eigenvalue weighted by molar-refractivity contribution is 5.62. The van der Waals surface area contributed by atoms with E-state index < -0.39 is 0 Å². The monoisotopic (exact) mass is 427 g/mol. The van der Waals surface area contributed by atoms with Gasteiger partial charge in [-0.05, 0) is 58.2 Å². The highest BCUT2D eigenvalue weighted by Crippen LogP contribution is 2.43. The molecule has 1 aromatic heterocycles. The lowest BCUT2D eigenvalue weighted by molar-refractivity contribution is -0.00557. The SMILES string of the molecule is C[C@H]1CN2CCN(Cc3ccc(-c4cccnc4)cc3)C[C@H]2CC1(C)c1cccc(O)c1. The highest BCUT2D eigenvalue weighted by Gasteiger charge is 2.44. The van der Waals surface area contributed by atoms with Crippen molar-refractivity contribution >= 4 is 0 Å². The van der Waals surface area contributed by atoms with Crippen molar-refractivity contribution in [2.75, 3.05) is 26.2 Å². The molecule has 0 amide bonds. The van der Waals surface area contributed by atoms with E-state index >= 15 is 0 Å². The van der Waals surface area contributed by atoms with Crippen LogP contribution in [0.25, 0.3) is 11.1 Å². The van der Waals surface area contributed by atoms with Gasteiger partial charge in [0.2, 0.25) is 0 Å². The number of fused-ring (bicyclic) bond motifs is 1. The van der Waals surface area contributed by atoms with E-state index in [-0.39, 0.29) is 5.41 Å². The molecule has 0 aliphatic carbocycles. The molecule has 2 fully saturated rings. The number of rotatable bonds is 4. The number of piperidine rings is 1. The van der Waals surface area contributed by atoms with Crippen molar-refractivity contribution in [3.63, 3.8) is 0 Å². The number of phenols is 1. The highest BCUT2D eigenvalue weighted by atomic mass is 16.3. The molecule has 3 aromatic rings. The van der Waals surface area contributed by atoms with Crippen molar-refractivity contribution in [3.05, 3.63) is 84.2 Å². The van der Waals surface area contributed by atoms with E-state index in [0.29, 0.717) is 17.7 Å². The van der Waals surface area contributed by atoms with Crippen molar-refractivity contribution in [2.24, 2.45) is 5.92 Å². The zero-order chi connectivity index (χ0) is 22.1. The van der Waals surface area contributed by atoms with Crippen LogP contribution in [0.4, 0.5) is 0 Å². The third kappa shape index (κ3) is 4.17. The maximum absolute atomic E-state index is 10.1. The van der Waals surface area contributed by atoms with Crippen LogP contribution in [0.5, 0.6) is 5.75 Å². The number of pyridine rings is 1. The molecule has 4 heteroatoms. The Kier molecular flexibility index (Phi) is 5.75. The van der Waals surface area contributed by atoms with Gasteiger partial charge in [-0.25, -0.2) is 0 Å². The van der Waals surface area contributed by atoms with Crippen molar-refractivity contribution in [2.45, 2.75) is 38.3 Å². The normalized spacial score (nSPS) is 26.6. The lowest BCUT2D eigenvalue weighted by atomic mass is 9.65. The number of hydrogen-bond acceptors (Lipinski definition) is 4. The minimum absolute atomic E-state index is 0.0916. The first-order chi connectivity index (χ1) is 15.5. The summed E-state index contributed by atoms with van der Waals surface area (Å²) in [7, 11) is 0. The van der Waals surface area contributed by atoms with Crippen LogP contribution < -0.4 is 0 Å². The molecule has 2 aliphatic heterocycles. The van der Waals surface area contributed by atoms with E-state index in [0.717, 1.165) is 44.7 Å². The van der Waals surface area contributed by atoms with Crippen LogP contribution in [-0.2, 0) is 12.0 Å². The van der Waals surface area contributed by atoms with Gasteiger partial charge >= 0.3 is 0 Å². The lowest BCUT2D eigenvalue weighted by Gasteiger charge is -2.53. The third-order valence-corrected chi connectivity index (χ3v) is 7.81. The Bertz CT molecular complexity index is 1050. The zero-order valence-corrected chi connectivity index (χ0v) is 19.1. The van der Waals surface area contributed by atoms with Gasteiger partial charge in [-0.15, -0.1) is 0 Å². The summed E-state index contributed by atoms with van der Waals surface area (Å²) >= 11 is 0. The van der Waals surface area contributed by atoms with E-state index in [1.165, 1.54) is 16.7 Å². The average molecular weight is 428 g/mol. The molecule has 2 aliphatic rings. The summed E-state index contributed by atoms with van der Waals surface area (Å²) in [6.07, 6.45) is 4.87. The first-order valence-electron chi connectivity index (χ1n) is 11.8. The van der Waals surface area contributed by atoms with Gasteiger partial charge in [0.15, 0.2) is 0 Å². The largest absolute Gasteiger partial charge is 0.508 e. The molecule has 1 unspecified atom stereocenters. The summed E-state index contributed by atoms with van der Waals surface area (Å²) in [5, 5.41) is 10.1. The van der Waals surface area contributed by atoms with Crippen LogP contribution in [0.3, 0.4) is 0 Å². The molecule has 5 rings (SSSR count). The maximum atomic E-state index is 10.1. The molecule has 4 nitrogen and oxygen atoms in total. The van der Waals surface area contributed by atoms with E-state index in [4.69, 9.17) is 0 Å². The number of hydrogen-bond donors (Lipinski definition) is 1. The molecule has 2 saturated heterocycles. The van der Waals surface area contributed by atoms with Gasteiger partial charge in [-0.3, -0.25) is 14.8 Å². The Balaban J connectivity index is 1.27. The van der Waals surface area contributed by atoms with Crippen LogP contribution >= 0.6 is 0 Å². The minimum Gasteiger partial charge on any atom is -0.508 e. The summed E-state index contributed by atoms with van der Waals surface area (Å²) in [5.74, 6) is 0.936. The Morgan fingerprint density at radius 2 is 1.84 bits per heavy atom. The molecular weight excluding hydrogens is 394 g/mol. The van der Waals surface area contributed by atoms with E-state index in [2.05, 4.69) is 65.0 Å². The fourth-order valence-corrected chi connectivity index (χ4v) is 5.64. The minimum atomic E-state index is 0.0916. The van der Waals surface area contributed by atoms with Gasteiger partial charge in [0.25, 0.3) is 0 Å². The predicted octanol–water partition coefficient (Wildman–Crippen LogP) is 4.94. The number of phenolic OH excluding ortho intramolecular Hbond substituents is 1. The molecular formula is C28H33N3O. The van der Waals surface area contributed by atoms with E-state index in [9.17, 15) is 5.11 Å². The summed E-state index contributed by atoms with van der Waals surface area (Å²) in [4.78, 5) is 9.53. The van der Waals surface area contributed by atoms with Crippen molar-refractivity contribution < 1.29 is 5.11 Å². The van der Waals surface area contributed by atoms with Crippen LogP contribution in [0, 0.1) is 5.92 Å². The molecule has 32 heavy (non-hydrogen) atoms. The van der Waals surface area contributed by atoms with Crippen LogP contribution in [0.2, 0.25) is 0 Å². The van der Waals surface area contributed by atoms with Gasteiger partial charge in [0, 0.05) is 51.2 Å². The zero-order valence-electron chi connectivity index (χ0n) is 19.1. The fraction of sp³-hybridized carbons (Fsp3) is 0.393. The molecule has 3 atom stereocenters. The Morgan fingerprint density at radius 1 is 1.00 bits per heavy atom. The Hall–Kier alpha value is -2.69. The molecule has 3 heterocycles. The topological polar surface area (TPSA) is 39.6 Å². The summed E-state index contributed by atoms with van der Waals surface area (Å²) < 4.78 is 0. The van der Waals surface area contributed by atoms with Crippen molar-refractivity contribution in [1.82, 2.24) is 14.8 Å². The molecule has 0 spiro atoms. The smallest absolute Gasteiger partial charge is 0.115 e. The Morgan fingerprint density at radius 3 is 2.59 bits per heavy atom.